The highest BCUT2D eigenvalue weighted by Gasteiger charge is 2.27. The Labute approximate surface area is 295 Å². The molecule has 4 nitrogen and oxygen atoms in total. The van der Waals surface area contributed by atoms with E-state index in [4.69, 9.17) is 19.4 Å². The third-order valence-corrected chi connectivity index (χ3v) is 10.1. The Bertz CT molecular complexity index is 2700. The summed E-state index contributed by atoms with van der Waals surface area (Å²) >= 11 is 0. The predicted molar refractivity (Wildman–Crippen MR) is 209 cm³/mol. The van der Waals surface area contributed by atoms with Gasteiger partial charge in [0.2, 0.25) is 0 Å². The Morgan fingerprint density at radius 3 is 1.73 bits per heavy atom. The summed E-state index contributed by atoms with van der Waals surface area (Å²) in [7, 11) is 0. The molecule has 0 radical (unpaired) electrons. The van der Waals surface area contributed by atoms with Gasteiger partial charge in [-0.2, -0.15) is 0 Å². The van der Waals surface area contributed by atoms with Gasteiger partial charge < -0.3 is 4.42 Å². The van der Waals surface area contributed by atoms with Crippen molar-refractivity contribution in [2.24, 2.45) is 11.8 Å². The van der Waals surface area contributed by atoms with E-state index in [2.05, 4.69) is 109 Å². The monoisotopic (exact) mass is 653 g/mol. The standard InChI is InChI=1S/C47H31N3O/c1-3-15-31(16-4-1)45-48-46(32-17-5-2-6-18-32)50-47(49-45)40-29-26-37(35-21-9-10-22-36(35)40)38-27-28-39(34-24-13-19-30-14-7-8-20-33(30)34)44-43(38)41-23-11-12-25-42(41)51-44/h1-30,33H. The summed E-state index contributed by atoms with van der Waals surface area (Å²) in [5.74, 6) is 2.54. The number of hydrogen-bond acceptors (Lipinski definition) is 4. The van der Waals surface area contributed by atoms with Crippen molar-refractivity contribution in [3.05, 3.63) is 182 Å². The molecule has 0 saturated heterocycles. The van der Waals surface area contributed by atoms with E-state index in [9.17, 15) is 0 Å². The molecule has 2 atom stereocenters. The number of rotatable bonds is 5. The van der Waals surface area contributed by atoms with Crippen molar-refractivity contribution in [2.45, 2.75) is 0 Å². The minimum Gasteiger partial charge on any atom is -0.455 e. The lowest BCUT2D eigenvalue weighted by molar-refractivity contribution is 0.657. The van der Waals surface area contributed by atoms with E-state index in [1.165, 1.54) is 5.57 Å². The van der Waals surface area contributed by atoms with Crippen molar-refractivity contribution in [2.75, 3.05) is 0 Å². The van der Waals surface area contributed by atoms with Crippen LogP contribution in [0, 0.1) is 11.8 Å². The van der Waals surface area contributed by atoms with E-state index in [-0.39, 0.29) is 5.92 Å². The molecule has 10 rings (SSSR count). The van der Waals surface area contributed by atoms with E-state index in [0.717, 1.165) is 66.1 Å². The molecule has 0 aliphatic heterocycles. The molecule has 0 bridgehead atoms. The van der Waals surface area contributed by atoms with Gasteiger partial charge in [-0.3, -0.25) is 0 Å². The molecule has 2 heterocycles. The van der Waals surface area contributed by atoms with Crippen molar-refractivity contribution in [3.63, 3.8) is 0 Å². The summed E-state index contributed by atoms with van der Waals surface area (Å²) in [6.45, 7) is 0. The molecule has 2 unspecified atom stereocenters. The molecule has 2 aliphatic carbocycles. The van der Waals surface area contributed by atoms with Gasteiger partial charge in [-0.25, -0.2) is 15.0 Å². The van der Waals surface area contributed by atoms with Crippen LogP contribution >= 0.6 is 0 Å². The Morgan fingerprint density at radius 1 is 0.431 bits per heavy atom. The van der Waals surface area contributed by atoms with Crippen LogP contribution in [0.15, 0.2) is 180 Å². The lowest BCUT2D eigenvalue weighted by Crippen LogP contribution is -2.15. The van der Waals surface area contributed by atoms with Crippen LogP contribution in [0.25, 0.3) is 83.6 Å². The zero-order chi connectivity index (χ0) is 33.7. The number of fused-ring (bicyclic) bond motifs is 5. The van der Waals surface area contributed by atoms with Gasteiger partial charge in [0.1, 0.15) is 11.2 Å². The van der Waals surface area contributed by atoms with Crippen molar-refractivity contribution in [1.29, 1.82) is 0 Å². The van der Waals surface area contributed by atoms with Gasteiger partial charge in [0.15, 0.2) is 17.5 Å². The molecule has 0 saturated carbocycles. The normalized spacial score (nSPS) is 16.5. The van der Waals surface area contributed by atoms with E-state index in [1.807, 2.05) is 66.7 Å². The molecule has 0 N–H and O–H groups in total. The van der Waals surface area contributed by atoms with Gasteiger partial charge in [-0.05, 0) is 39.6 Å². The third kappa shape index (κ3) is 4.95. The Kier molecular flexibility index (Phi) is 6.91. The fraction of sp³-hybridized carbons (Fsp3) is 0.0426. The maximum Gasteiger partial charge on any atom is 0.164 e. The van der Waals surface area contributed by atoms with Crippen LogP contribution < -0.4 is 0 Å². The molecule has 51 heavy (non-hydrogen) atoms. The molecular formula is C47H31N3O. The van der Waals surface area contributed by atoms with Gasteiger partial charge in [0, 0.05) is 44.9 Å². The first-order valence-electron chi connectivity index (χ1n) is 17.4. The average molecular weight is 654 g/mol. The first-order valence-corrected chi connectivity index (χ1v) is 17.4. The number of furan rings is 1. The zero-order valence-corrected chi connectivity index (χ0v) is 27.6. The SMILES string of the molecule is C1=CC2C=CC=C(c3ccc(-c4ccc(-c5nc(-c6ccccc6)nc(-c6ccccc6)n5)c5ccccc45)c4c3oc3ccccc34)C2C=C1. The minimum absolute atomic E-state index is 0.268. The first kappa shape index (κ1) is 29.3. The molecule has 2 aromatic heterocycles. The van der Waals surface area contributed by atoms with Crippen LogP contribution in [-0.2, 0) is 0 Å². The van der Waals surface area contributed by atoms with Crippen molar-refractivity contribution in [1.82, 2.24) is 15.0 Å². The van der Waals surface area contributed by atoms with Gasteiger partial charge in [-0.15, -0.1) is 0 Å². The average Bonchev–Trinajstić information content (AvgIpc) is 3.60. The number of para-hydroxylation sites is 1. The molecule has 4 heteroatoms. The summed E-state index contributed by atoms with van der Waals surface area (Å²) in [6.07, 6.45) is 15.6. The smallest absolute Gasteiger partial charge is 0.164 e. The second-order valence-electron chi connectivity index (χ2n) is 13.1. The van der Waals surface area contributed by atoms with E-state index in [1.54, 1.807) is 0 Å². The maximum atomic E-state index is 6.76. The van der Waals surface area contributed by atoms with E-state index in [0.29, 0.717) is 23.4 Å². The first-order chi connectivity index (χ1) is 25.3. The van der Waals surface area contributed by atoms with Gasteiger partial charge in [-0.1, -0.05) is 164 Å². The highest BCUT2D eigenvalue weighted by Crippen LogP contribution is 2.46. The highest BCUT2D eigenvalue weighted by atomic mass is 16.3. The number of allylic oxidation sites excluding steroid dienone is 8. The van der Waals surface area contributed by atoms with Gasteiger partial charge >= 0.3 is 0 Å². The summed E-state index contributed by atoms with van der Waals surface area (Å²) in [5, 5.41) is 4.43. The van der Waals surface area contributed by atoms with Gasteiger partial charge in [0.05, 0.1) is 0 Å². The molecular weight excluding hydrogens is 623 g/mol. The topological polar surface area (TPSA) is 51.8 Å². The van der Waals surface area contributed by atoms with Crippen LogP contribution in [-0.4, -0.2) is 15.0 Å². The molecule has 240 valence electrons. The van der Waals surface area contributed by atoms with Crippen LogP contribution in [0.3, 0.4) is 0 Å². The second-order valence-corrected chi connectivity index (χ2v) is 13.1. The summed E-state index contributed by atoms with van der Waals surface area (Å²) in [5.41, 5.74) is 9.34. The second kappa shape index (κ2) is 12.0. The summed E-state index contributed by atoms with van der Waals surface area (Å²) in [4.78, 5) is 15.1. The fourth-order valence-corrected chi connectivity index (χ4v) is 7.73. The van der Waals surface area contributed by atoms with Crippen molar-refractivity contribution >= 4 is 38.3 Å². The van der Waals surface area contributed by atoms with Crippen molar-refractivity contribution in [3.8, 4) is 45.3 Å². The molecule has 6 aromatic carbocycles. The molecule has 0 amide bonds. The Morgan fingerprint density at radius 2 is 0.980 bits per heavy atom. The maximum absolute atomic E-state index is 6.76. The Hall–Kier alpha value is -6.65. The largest absolute Gasteiger partial charge is 0.455 e. The highest BCUT2D eigenvalue weighted by molar-refractivity contribution is 6.18. The third-order valence-electron chi connectivity index (χ3n) is 10.1. The quantitative estimate of drug-likeness (QED) is 0.185. The number of aromatic nitrogens is 3. The minimum atomic E-state index is 0.268. The fourth-order valence-electron chi connectivity index (χ4n) is 7.73. The molecule has 2 aliphatic rings. The lowest BCUT2D eigenvalue weighted by atomic mass is 9.76. The van der Waals surface area contributed by atoms with Crippen LogP contribution in [0.2, 0.25) is 0 Å². The van der Waals surface area contributed by atoms with Gasteiger partial charge in [0.25, 0.3) is 0 Å². The number of hydrogen-bond donors (Lipinski definition) is 0. The zero-order valence-electron chi connectivity index (χ0n) is 27.6. The molecule has 0 fully saturated rings. The van der Waals surface area contributed by atoms with Crippen LogP contribution in [0.4, 0.5) is 0 Å². The van der Waals surface area contributed by atoms with Crippen LogP contribution in [0.5, 0.6) is 0 Å². The number of benzene rings is 6. The van der Waals surface area contributed by atoms with E-state index < -0.39 is 0 Å². The molecule has 8 aromatic rings. The Balaban J connectivity index is 1.19. The predicted octanol–water partition coefficient (Wildman–Crippen LogP) is 11.9. The van der Waals surface area contributed by atoms with Crippen LogP contribution in [0.1, 0.15) is 5.56 Å². The summed E-state index contributed by atoms with van der Waals surface area (Å²) in [6, 6.07) is 46.1. The lowest BCUT2D eigenvalue weighted by Gasteiger charge is -2.27. The molecule has 0 spiro atoms. The number of nitrogens with zero attached hydrogens (tertiary/aromatic N) is 3. The summed E-state index contributed by atoms with van der Waals surface area (Å²) < 4.78 is 6.76. The van der Waals surface area contributed by atoms with Crippen molar-refractivity contribution < 1.29 is 4.42 Å². The van der Waals surface area contributed by atoms with E-state index >= 15 is 0 Å².